The Balaban J connectivity index is 2.72. The van der Waals surface area contributed by atoms with Gasteiger partial charge < -0.3 is 5.32 Å². The Morgan fingerprint density at radius 3 is 2.80 bits per heavy atom. The van der Waals surface area contributed by atoms with Gasteiger partial charge in [0.2, 0.25) is 0 Å². The summed E-state index contributed by atoms with van der Waals surface area (Å²) < 4.78 is 13.3. The first-order valence-corrected chi connectivity index (χ1v) is 5.81. The Bertz CT molecular complexity index is 346. The molecule has 0 aliphatic heterocycles. The van der Waals surface area contributed by atoms with Gasteiger partial charge >= 0.3 is 6.03 Å². The van der Waals surface area contributed by atoms with E-state index in [0.29, 0.717) is 5.88 Å². The largest absolute Gasteiger partial charge is 0.329 e. The normalized spacial score (nSPS) is 9.80. The topological polar surface area (TPSA) is 32.3 Å². The van der Waals surface area contributed by atoms with Crippen LogP contribution in [0.1, 0.15) is 0 Å². The van der Waals surface area contributed by atoms with Crippen molar-refractivity contribution in [1.29, 1.82) is 0 Å². The lowest BCUT2D eigenvalue weighted by molar-refractivity contribution is 0.249. The van der Waals surface area contributed by atoms with Gasteiger partial charge in [0.15, 0.2) is 0 Å². The van der Waals surface area contributed by atoms with E-state index in [9.17, 15) is 9.18 Å². The highest BCUT2D eigenvalue weighted by Crippen LogP contribution is 2.16. The second kappa shape index (κ2) is 5.60. The van der Waals surface area contributed by atoms with E-state index >= 15 is 0 Å². The van der Waals surface area contributed by atoms with Crippen LogP contribution < -0.4 is 10.2 Å². The predicted molar refractivity (Wildman–Crippen MR) is 61.7 cm³/mol. The van der Waals surface area contributed by atoms with E-state index in [2.05, 4.69) is 5.32 Å². The summed E-state index contributed by atoms with van der Waals surface area (Å²) in [5, 5.41) is 2.64. The molecular weight excluding hydrogens is 215 g/mol. The van der Waals surface area contributed by atoms with Crippen LogP contribution in [0.2, 0.25) is 0 Å². The highest BCUT2D eigenvalue weighted by atomic mass is 32.2. The van der Waals surface area contributed by atoms with Crippen molar-refractivity contribution in [2.24, 2.45) is 0 Å². The number of amides is 2. The molecule has 0 aliphatic rings. The van der Waals surface area contributed by atoms with E-state index in [1.54, 1.807) is 18.2 Å². The number of carbonyl (C=O) groups is 1. The fourth-order valence-corrected chi connectivity index (χ4v) is 1.35. The van der Waals surface area contributed by atoms with Crippen LogP contribution in [-0.4, -0.2) is 25.2 Å². The van der Waals surface area contributed by atoms with E-state index in [4.69, 9.17) is 0 Å². The minimum Gasteiger partial charge on any atom is -0.329 e. The molecule has 0 bridgehead atoms. The Morgan fingerprint density at radius 1 is 1.53 bits per heavy atom. The smallest absolute Gasteiger partial charge is 0.322 e. The minimum absolute atomic E-state index is 0.274. The Morgan fingerprint density at radius 2 is 2.20 bits per heavy atom. The molecule has 0 spiro atoms. The van der Waals surface area contributed by atoms with Crippen molar-refractivity contribution in [2.75, 3.05) is 24.1 Å². The number of hydrogen-bond acceptors (Lipinski definition) is 2. The molecule has 2 amide bonds. The molecule has 3 nitrogen and oxygen atoms in total. The van der Waals surface area contributed by atoms with Crippen molar-refractivity contribution in [2.45, 2.75) is 0 Å². The SMILES string of the molecule is CSCNC(=O)N(C)c1ccccc1F. The van der Waals surface area contributed by atoms with Gasteiger partial charge in [-0.2, -0.15) is 0 Å². The number of thioether (sulfide) groups is 1. The molecule has 82 valence electrons. The van der Waals surface area contributed by atoms with Crippen LogP contribution in [0.15, 0.2) is 24.3 Å². The molecule has 0 aromatic heterocycles. The summed E-state index contributed by atoms with van der Waals surface area (Å²) in [4.78, 5) is 12.7. The van der Waals surface area contributed by atoms with Crippen molar-refractivity contribution in [3.05, 3.63) is 30.1 Å². The molecule has 1 rings (SSSR count). The third kappa shape index (κ3) is 3.13. The zero-order valence-electron chi connectivity index (χ0n) is 8.66. The van der Waals surface area contributed by atoms with E-state index < -0.39 is 5.82 Å². The van der Waals surface area contributed by atoms with Gasteiger partial charge in [-0.15, -0.1) is 11.8 Å². The molecule has 1 aromatic rings. The lowest BCUT2D eigenvalue weighted by atomic mass is 10.3. The number of halogens is 1. The van der Waals surface area contributed by atoms with Gasteiger partial charge in [0, 0.05) is 7.05 Å². The molecule has 0 radical (unpaired) electrons. The van der Waals surface area contributed by atoms with Crippen molar-refractivity contribution in [1.82, 2.24) is 5.32 Å². The van der Waals surface area contributed by atoms with Crippen LogP contribution in [0.5, 0.6) is 0 Å². The van der Waals surface area contributed by atoms with Crippen LogP contribution in [0.4, 0.5) is 14.9 Å². The van der Waals surface area contributed by atoms with Gasteiger partial charge in [0.25, 0.3) is 0 Å². The number of urea groups is 1. The first kappa shape index (κ1) is 11.8. The molecule has 0 atom stereocenters. The molecule has 1 N–H and O–H groups in total. The number of nitrogens with one attached hydrogen (secondary N) is 1. The average molecular weight is 228 g/mol. The summed E-state index contributed by atoms with van der Waals surface area (Å²) in [6.45, 7) is 0. The summed E-state index contributed by atoms with van der Waals surface area (Å²) in [6.07, 6.45) is 1.88. The summed E-state index contributed by atoms with van der Waals surface area (Å²) in [5.41, 5.74) is 0.274. The van der Waals surface area contributed by atoms with Crippen molar-refractivity contribution in [3.63, 3.8) is 0 Å². The number of hydrogen-bond donors (Lipinski definition) is 1. The van der Waals surface area contributed by atoms with Crippen molar-refractivity contribution >= 4 is 23.5 Å². The summed E-state index contributed by atoms with van der Waals surface area (Å²) >= 11 is 1.49. The maximum absolute atomic E-state index is 13.3. The van der Waals surface area contributed by atoms with Crippen LogP contribution in [-0.2, 0) is 0 Å². The summed E-state index contributed by atoms with van der Waals surface area (Å²) in [5.74, 6) is 0.108. The molecule has 0 saturated heterocycles. The van der Waals surface area contributed by atoms with Gasteiger partial charge in [-0.1, -0.05) is 12.1 Å². The molecule has 1 aromatic carbocycles. The molecule has 0 fully saturated rings. The van der Waals surface area contributed by atoms with Gasteiger partial charge in [-0.05, 0) is 18.4 Å². The first-order chi connectivity index (χ1) is 7.16. The molecule has 0 unspecified atom stereocenters. The number of nitrogens with zero attached hydrogens (tertiary/aromatic N) is 1. The van der Waals surface area contributed by atoms with E-state index in [-0.39, 0.29) is 11.7 Å². The van der Waals surface area contributed by atoms with Crippen LogP contribution in [0.25, 0.3) is 0 Å². The summed E-state index contributed by atoms with van der Waals surface area (Å²) in [6, 6.07) is 5.86. The molecule has 15 heavy (non-hydrogen) atoms. The van der Waals surface area contributed by atoms with E-state index in [1.165, 1.54) is 29.8 Å². The van der Waals surface area contributed by atoms with E-state index in [0.717, 1.165) is 0 Å². The number of para-hydroxylation sites is 1. The third-order valence-corrected chi connectivity index (χ3v) is 2.32. The number of carbonyl (C=O) groups excluding carboxylic acids is 1. The predicted octanol–water partition coefficient (Wildman–Crippen LogP) is 2.29. The van der Waals surface area contributed by atoms with E-state index in [1.807, 2.05) is 6.26 Å². The van der Waals surface area contributed by atoms with Crippen LogP contribution in [0.3, 0.4) is 0 Å². The average Bonchev–Trinajstić information content (AvgIpc) is 2.25. The Labute approximate surface area is 92.7 Å². The minimum atomic E-state index is -0.403. The summed E-state index contributed by atoms with van der Waals surface area (Å²) in [7, 11) is 1.54. The number of anilines is 1. The molecule has 0 aliphatic carbocycles. The lowest BCUT2D eigenvalue weighted by Crippen LogP contribution is -2.37. The maximum atomic E-state index is 13.3. The lowest BCUT2D eigenvalue weighted by Gasteiger charge is -2.18. The Hall–Kier alpha value is -1.23. The molecule has 0 saturated carbocycles. The highest BCUT2D eigenvalue weighted by molar-refractivity contribution is 7.98. The van der Waals surface area contributed by atoms with Crippen LogP contribution >= 0.6 is 11.8 Å². The molecule has 5 heteroatoms. The van der Waals surface area contributed by atoms with Crippen molar-refractivity contribution < 1.29 is 9.18 Å². The second-order valence-electron chi connectivity index (χ2n) is 2.93. The quantitative estimate of drug-likeness (QED) is 0.805. The molecular formula is C10H13FN2OS. The van der Waals surface area contributed by atoms with Crippen molar-refractivity contribution in [3.8, 4) is 0 Å². The standard InChI is InChI=1S/C10H13FN2OS/c1-13(10(14)12-7-15-2)9-6-4-3-5-8(9)11/h3-6H,7H2,1-2H3,(H,12,14). The zero-order valence-corrected chi connectivity index (χ0v) is 9.47. The monoisotopic (exact) mass is 228 g/mol. The zero-order chi connectivity index (χ0) is 11.3. The highest BCUT2D eigenvalue weighted by Gasteiger charge is 2.12. The number of benzene rings is 1. The van der Waals surface area contributed by atoms with Crippen LogP contribution in [0, 0.1) is 5.82 Å². The fraction of sp³-hybridized carbons (Fsp3) is 0.300. The number of rotatable bonds is 3. The van der Waals surface area contributed by atoms with Gasteiger partial charge in [0.05, 0.1) is 11.6 Å². The first-order valence-electron chi connectivity index (χ1n) is 4.42. The second-order valence-corrected chi connectivity index (χ2v) is 3.79. The third-order valence-electron chi connectivity index (χ3n) is 1.89. The molecule has 0 heterocycles. The van der Waals surface area contributed by atoms with Gasteiger partial charge in [-0.3, -0.25) is 4.90 Å². The maximum Gasteiger partial charge on any atom is 0.322 e. The van der Waals surface area contributed by atoms with Gasteiger partial charge in [-0.25, -0.2) is 9.18 Å². The van der Waals surface area contributed by atoms with Gasteiger partial charge in [0.1, 0.15) is 5.82 Å². The fourth-order valence-electron chi connectivity index (χ4n) is 1.09. The Kier molecular flexibility index (Phi) is 4.42.